The Bertz CT molecular complexity index is 968. The number of carboxylic acids is 1. The zero-order valence-electron chi connectivity index (χ0n) is 20.4. The fourth-order valence-electron chi connectivity index (χ4n) is 4.17. The predicted molar refractivity (Wildman–Crippen MR) is 131 cm³/mol. The molecule has 0 saturated carbocycles. The van der Waals surface area contributed by atoms with Crippen molar-refractivity contribution in [1.82, 2.24) is 4.90 Å². The molecule has 1 saturated heterocycles. The van der Waals surface area contributed by atoms with Crippen LogP contribution in [0.25, 0.3) is 0 Å². The molecule has 6 heteroatoms. The Balaban J connectivity index is 1.64. The Morgan fingerprint density at radius 2 is 1.88 bits per heavy atom. The van der Waals surface area contributed by atoms with Crippen molar-refractivity contribution in [2.75, 3.05) is 25.0 Å². The molecule has 0 unspecified atom stereocenters. The van der Waals surface area contributed by atoms with Crippen LogP contribution in [0, 0.1) is 5.92 Å². The Kier molecular flexibility index (Phi) is 7.67. The summed E-state index contributed by atoms with van der Waals surface area (Å²) in [6, 6.07) is 16.0. The number of amides is 1. The number of hydrogen-bond donors (Lipinski definition) is 1. The lowest BCUT2D eigenvalue weighted by molar-refractivity contribution is -0.152. The van der Waals surface area contributed by atoms with Gasteiger partial charge in [-0.05, 0) is 55.9 Å². The van der Waals surface area contributed by atoms with Crippen molar-refractivity contribution in [1.29, 1.82) is 0 Å². The third-order valence-corrected chi connectivity index (χ3v) is 6.28. The van der Waals surface area contributed by atoms with Crippen LogP contribution in [0.4, 0.5) is 5.69 Å². The van der Waals surface area contributed by atoms with Crippen molar-refractivity contribution in [3.8, 4) is 5.75 Å². The number of nitrogens with zero attached hydrogens (tertiary/aromatic N) is 2. The molecule has 3 rings (SSSR count). The quantitative estimate of drug-likeness (QED) is 0.615. The van der Waals surface area contributed by atoms with E-state index in [2.05, 4.69) is 43.0 Å². The van der Waals surface area contributed by atoms with Gasteiger partial charge in [-0.25, -0.2) is 4.79 Å². The van der Waals surface area contributed by atoms with Gasteiger partial charge in [-0.3, -0.25) is 4.79 Å². The van der Waals surface area contributed by atoms with Crippen LogP contribution in [0.5, 0.6) is 5.75 Å². The first kappa shape index (κ1) is 24.6. The number of carbonyl (C=O) groups is 2. The largest absolute Gasteiger partial charge is 0.478 e. The highest BCUT2D eigenvalue weighted by molar-refractivity contribution is 5.79. The average Bonchev–Trinajstić information content (AvgIpc) is 2.78. The zero-order valence-corrected chi connectivity index (χ0v) is 20.4. The number of hydrogen-bond acceptors (Lipinski definition) is 4. The smallest absolute Gasteiger partial charge is 0.347 e. The second kappa shape index (κ2) is 10.3. The van der Waals surface area contributed by atoms with E-state index in [1.165, 1.54) is 19.4 Å². The van der Waals surface area contributed by atoms with Crippen LogP contribution >= 0.6 is 0 Å². The molecule has 0 radical (unpaired) electrons. The van der Waals surface area contributed by atoms with Crippen LogP contribution in [-0.4, -0.2) is 47.6 Å². The van der Waals surface area contributed by atoms with Crippen molar-refractivity contribution >= 4 is 17.6 Å². The minimum Gasteiger partial charge on any atom is -0.478 e. The van der Waals surface area contributed by atoms with Gasteiger partial charge in [0.1, 0.15) is 5.75 Å². The van der Waals surface area contributed by atoms with E-state index < -0.39 is 11.6 Å². The molecular weight excluding hydrogens is 416 g/mol. The van der Waals surface area contributed by atoms with Gasteiger partial charge < -0.3 is 19.6 Å². The van der Waals surface area contributed by atoms with Gasteiger partial charge in [0.25, 0.3) is 0 Å². The van der Waals surface area contributed by atoms with Crippen LogP contribution in [0.1, 0.15) is 57.6 Å². The molecule has 1 aliphatic rings. The Hall–Kier alpha value is -3.02. The van der Waals surface area contributed by atoms with Crippen molar-refractivity contribution in [2.24, 2.45) is 5.92 Å². The monoisotopic (exact) mass is 452 g/mol. The van der Waals surface area contributed by atoms with Crippen molar-refractivity contribution < 1.29 is 19.4 Å². The van der Waals surface area contributed by atoms with Crippen molar-refractivity contribution in [2.45, 2.75) is 58.6 Å². The van der Waals surface area contributed by atoms with Crippen LogP contribution in [0.15, 0.2) is 48.5 Å². The van der Waals surface area contributed by atoms with Gasteiger partial charge in [0, 0.05) is 38.4 Å². The molecule has 6 nitrogen and oxygen atoms in total. The first-order valence-corrected chi connectivity index (χ1v) is 11.7. The standard InChI is InChI=1S/C27H36N2O4/c1-19(2)21-13-11-20(12-14-21)17-28(5)25(30)22-8-7-15-29(18-22)23-9-6-10-24(16-23)33-27(3,4)26(31)32/h6,9-14,16,19,22H,7-8,15,17-18H2,1-5H3,(H,31,32)/t22-/m1/s1. The molecular formula is C27H36N2O4. The number of benzene rings is 2. The molecule has 1 aliphatic heterocycles. The van der Waals surface area contributed by atoms with Crippen LogP contribution in [0.2, 0.25) is 0 Å². The van der Waals surface area contributed by atoms with Crippen molar-refractivity contribution in [3.05, 3.63) is 59.7 Å². The summed E-state index contributed by atoms with van der Waals surface area (Å²) in [7, 11) is 1.88. The summed E-state index contributed by atoms with van der Waals surface area (Å²) in [5.41, 5.74) is 2.07. The van der Waals surface area contributed by atoms with Gasteiger partial charge in [0.15, 0.2) is 5.60 Å². The van der Waals surface area contributed by atoms with E-state index >= 15 is 0 Å². The number of carbonyl (C=O) groups excluding carboxylic acids is 1. The van der Waals surface area contributed by atoms with Crippen LogP contribution < -0.4 is 9.64 Å². The molecule has 1 N–H and O–H groups in total. The fraction of sp³-hybridized carbons (Fsp3) is 0.481. The average molecular weight is 453 g/mol. The summed E-state index contributed by atoms with van der Waals surface area (Å²) in [6.45, 7) is 9.51. The van der Waals surface area contributed by atoms with Crippen molar-refractivity contribution in [3.63, 3.8) is 0 Å². The van der Waals surface area contributed by atoms with Gasteiger partial charge in [0.2, 0.25) is 5.91 Å². The molecule has 0 aliphatic carbocycles. The Morgan fingerprint density at radius 3 is 2.52 bits per heavy atom. The van der Waals surface area contributed by atoms with Gasteiger partial charge in [-0.2, -0.15) is 0 Å². The summed E-state index contributed by atoms with van der Waals surface area (Å²) < 4.78 is 5.70. The van der Waals surface area contributed by atoms with E-state index in [1.54, 1.807) is 6.07 Å². The minimum atomic E-state index is -1.31. The molecule has 1 fully saturated rings. The zero-order chi connectivity index (χ0) is 24.2. The lowest BCUT2D eigenvalue weighted by Crippen LogP contribution is -2.43. The molecule has 178 valence electrons. The summed E-state index contributed by atoms with van der Waals surface area (Å²) in [5, 5.41) is 9.33. The summed E-state index contributed by atoms with van der Waals surface area (Å²) in [6.07, 6.45) is 1.80. The highest BCUT2D eigenvalue weighted by atomic mass is 16.5. The maximum absolute atomic E-state index is 13.2. The first-order valence-electron chi connectivity index (χ1n) is 11.7. The normalized spacial score (nSPS) is 16.5. The summed E-state index contributed by atoms with van der Waals surface area (Å²) >= 11 is 0. The number of ether oxygens (including phenoxy) is 1. The summed E-state index contributed by atoms with van der Waals surface area (Å²) in [4.78, 5) is 28.6. The predicted octanol–water partition coefficient (Wildman–Crippen LogP) is 4.93. The molecule has 33 heavy (non-hydrogen) atoms. The second-order valence-electron chi connectivity index (χ2n) is 9.79. The van der Waals surface area contributed by atoms with Gasteiger partial charge in [0.05, 0.1) is 5.92 Å². The summed E-state index contributed by atoms with van der Waals surface area (Å²) in [5.74, 6) is 0.0743. The number of rotatable bonds is 8. The highest BCUT2D eigenvalue weighted by Crippen LogP contribution is 2.29. The molecule has 0 spiro atoms. The molecule has 0 bridgehead atoms. The fourth-order valence-corrected chi connectivity index (χ4v) is 4.17. The maximum atomic E-state index is 13.2. The Labute approximate surface area is 197 Å². The van der Waals surface area contributed by atoms with E-state index in [4.69, 9.17) is 4.74 Å². The van der Waals surface area contributed by atoms with Crippen LogP contribution in [0.3, 0.4) is 0 Å². The van der Waals surface area contributed by atoms with Gasteiger partial charge in [-0.15, -0.1) is 0 Å². The highest BCUT2D eigenvalue weighted by Gasteiger charge is 2.31. The topological polar surface area (TPSA) is 70.1 Å². The van der Waals surface area contributed by atoms with E-state index in [-0.39, 0.29) is 11.8 Å². The first-order chi connectivity index (χ1) is 15.6. The maximum Gasteiger partial charge on any atom is 0.347 e. The number of carboxylic acid groups (broad SMARTS) is 1. The number of aliphatic carboxylic acids is 1. The lowest BCUT2D eigenvalue weighted by Gasteiger charge is -2.35. The molecule has 1 amide bonds. The van der Waals surface area contributed by atoms with Crippen LogP contribution in [-0.2, 0) is 16.1 Å². The molecule has 2 aromatic carbocycles. The van der Waals surface area contributed by atoms with Gasteiger partial charge >= 0.3 is 5.97 Å². The lowest BCUT2D eigenvalue weighted by atomic mass is 9.95. The molecule has 0 aromatic heterocycles. The molecule has 2 aromatic rings. The van der Waals surface area contributed by atoms with E-state index in [0.29, 0.717) is 24.8 Å². The van der Waals surface area contributed by atoms with E-state index in [1.807, 2.05) is 30.1 Å². The van der Waals surface area contributed by atoms with Gasteiger partial charge in [-0.1, -0.05) is 44.2 Å². The third-order valence-electron chi connectivity index (χ3n) is 6.28. The minimum absolute atomic E-state index is 0.0706. The van der Waals surface area contributed by atoms with E-state index in [9.17, 15) is 14.7 Å². The SMILES string of the molecule is CC(C)c1ccc(CN(C)C(=O)[C@@H]2CCCN(c3cccc(OC(C)(C)C(=O)O)c3)C2)cc1. The third kappa shape index (κ3) is 6.28. The van der Waals surface area contributed by atoms with E-state index in [0.717, 1.165) is 30.6 Å². The Morgan fingerprint density at radius 1 is 1.18 bits per heavy atom. The second-order valence-corrected chi connectivity index (χ2v) is 9.79. The number of anilines is 1. The number of piperidine rings is 1. The molecule has 1 atom stereocenters. The molecule has 1 heterocycles.